The third-order valence-electron chi connectivity index (χ3n) is 6.61. The van der Waals surface area contributed by atoms with Gasteiger partial charge in [-0.25, -0.2) is 9.37 Å². The molecule has 5 nitrogen and oxygen atoms in total. The van der Waals surface area contributed by atoms with Gasteiger partial charge in [0.25, 0.3) is 5.91 Å². The van der Waals surface area contributed by atoms with Crippen LogP contribution >= 0.6 is 24.8 Å². The minimum absolute atomic E-state index is 0. The van der Waals surface area contributed by atoms with Gasteiger partial charge >= 0.3 is 0 Å². The van der Waals surface area contributed by atoms with Gasteiger partial charge in [-0.1, -0.05) is 42.5 Å². The summed E-state index contributed by atoms with van der Waals surface area (Å²) in [6.45, 7) is 2.32. The van der Waals surface area contributed by atoms with Crippen LogP contribution in [0.4, 0.5) is 4.39 Å². The monoisotopic (exact) mass is 476 g/mol. The maximum Gasteiger partial charge on any atom is 0.272 e. The summed E-state index contributed by atoms with van der Waals surface area (Å²) < 4.78 is 15.7. The lowest BCUT2D eigenvalue weighted by Gasteiger charge is -2.27. The SMILES string of the molecule is CN1C[C@H]2CN(C(=O)c3cnc(-c4ccccc4)n3C)C[C@H]2[C@@H]1c1cccc(F)c1.Cl.Cl. The number of fused-ring (bicyclic) bond motifs is 1. The van der Waals surface area contributed by atoms with Crippen LogP contribution in [-0.2, 0) is 7.05 Å². The third-order valence-corrected chi connectivity index (χ3v) is 6.61. The van der Waals surface area contributed by atoms with Crippen LogP contribution in [0.25, 0.3) is 11.4 Å². The normalized spacial score (nSPS) is 22.2. The smallest absolute Gasteiger partial charge is 0.272 e. The van der Waals surface area contributed by atoms with Gasteiger partial charge in [0.2, 0.25) is 0 Å². The Kier molecular flexibility index (Phi) is 7.28. The van der Waals surface area contributed by atoms with Crippen LogP contribution in [0.15, 0.2) is 60.8 Å². The second kappa shape index (κ2) is 9.61. The molecule has 2 aromatic carbocycles. The lowest BCUT2D eigenvalue weighted by Crippen LogP contribution is -2.34. The van der Waals surface area contributed by atoms with Crippen molar-refractivity contribution >= 4 is 30.7 Å². The average Bonchev–Trinajstić information content (AvgIpc) is 3.40. The Bertz CT molecular complexity index is 1090. The van der Waals surface area contributed by atoms with Crippen molar-refractivity contribution < 1.29 is 9.18 Å². The van der Waals surface area contributed by atoms with Gasteiger partial charge in [-0.05, 0) is 30.7 Å². The highest BCUT2D eigenvalue weighted by molar-refractivity contribution is 5.93. The van der Waals surface area contributed by atoms with Crippen molar-refractivity contribution in [2.45, 2.75) is 6.04 Å². The van der Waals surface area contributed by atoms with Crippen molar-refractivity contribution in [1.29, 1.82) is 0 Å². The zero-order valence-corrected chi connectivity index (χ0v) is 19.7. The summed E-state index contributed by atoms with van der Waals surface area (Å²) in [5, 5.41) is 0. The third kappa shape index (κ3) is 4.15. The number of hydrogen-bond donors (Lipinski definition) is 0. The molecule has 1 aromatic heterocycles. The number of carbonyl (C=O) groups is 1. The highest BCUT2D eigenvalue weighted by Gasteiger charge is 2.47. The summed E-state index contributed by atoms with van der Waals surface area (Å²) in [4.78, 5) is 22.1. The van der Waals surface area contributed by atoms with Crippen LogP contribution < -0.4 is 0 Å². The fourth-order valence-electron chi connectivity index (χ4n) is 5.24. The largest absolute Gasteiger partial charge is 0.337 e. The maximum atomic E-state index is 13.8. The molecule has 3 atom stereocenters. The minimum atomic E-state index is -0.210. The molecule has 8 heteroatoms. The van der Waals surface area contributed by atoms with E-state index in [0.29, 0.717) is 24.1 Å². The molecule has 2 saturated heterocycles. The number of likely N-dealkylation sites (tertiary alicyclic amines) is 2. The van der Waals surface area contributed by atoms with E-state index in [0.717, 1.165) is 30.0 Å². The summed E-state index contributed by atoms with van der Waals surface area (Å²) in [6.07, 6.45) is 1.68. The van der Waals surface area contributed by atoms with Crippen molar-refractivity contribution in [3.05, 3.63) is 77.9 Å². The maximum absolute atomic E-state index is 13.8. The molecular weight excluding hydrogens is 450 g/mol. The first-order valence-corrected chi connectivity index (χ1v) is 10.3. The van der Waals surface area contributed by atoms with Crippen LogP contribution in [0.3, 0.4) is 0 Å². The molecule has 0 N–H and O–H groups in total. The Morgan fingerprint density at radius 2 is 1.75 bits per heavy atom. The number of imidazole rings is 1. The zero-order valence-electron chi connectivity index (χ0n) is 18.0. The van der Waals surface area contributed by atoms with E-state index in [1.54, 1.807) is 18.3 Å². The number of carbonyl (C=O) groups excluding carboxylic acids is 1. The number of nitrogens with zero attached hydrogens (tertiary/aromatic N) is 4. The Balaban J connectivity index is 0.00000144. The van der Waals surface area contributed by atoms with Gasteiger partial charge in [-0.2, -0.15) is 0 Å². The molecule has 0 unspecified atom stereocenters. The number of amides is 1. The van der Waals surface area contributed by atoms with Crippen molar-refractivity contribution in [3.63, 3.8) is 0 Å². The van der Waals surface area contributed by atoms with Crippen molar-refractivity contribution in [3.8, 4) is 11.4 Å². The van der Waals surface area contributed by atoms with Gasteiger partial charge < -0.3 is 9.47 Å². The molecule has 32 heavy (non-hydrogen) atoms. The molecule has 3 heterocycles. The predicted molar refractivity (Wildman–Crippen MR) is 128 cm³/mol. The first kappa shape index (κ1) is 24.2. The van der Waals surface area contributed by atoms with E-state index in [-0.39, 0.29) is 42.6 Å². The number of rotatable bonds is 3. The van der Waals surface area contributed by atoms with Crippen LogP contribution in [0.1, 0.15) is 22.1 Å². The van der Waals surface area contributed by atoms with Gasteiger partial charge in [0, 0.05) is 44.2 Å². The van der Waals surface area contributed by atoms with E-state index in [2.05, 4.69) is 16.9 Å². The molecule has 0 aliphatic carbocycles. The summed E-state index contributed by atoms with van der Waals surface area (Å²) in [7, 11) is 3.98. The molecule has 1 amide bonds. The molecule has 0 spiro atoms. The molecule has 2 aliphatic rings. The molecule has 0 saturated carbocycles. The highest BCUT2D eigenvalue weighted by Crippen LogP contribution is 2.44. The fourth-order valence-corrected chi connectivity index (χ4v) is 5.24. The molecule has 5 rings (SSSR count). The molecule has 3 aromatic rings. The van der Waals surface area contributed by atoms with Gasteiger partial charge in [-0.15, -0.1) is 24.8 Å². The van der Waals surface area contributed by atoms with E-state index < -0.39 is 0 Å². The summed E-state index contributed by atoms with van der Waals surface area (Å²) in [5.41, 5.74) is 2.58. The van der Waals surface area contributed by atoms with E-state index in [1.807, 2.05) is 52.9 Å². The van der Waals surface area contributed by atoms with Crippen molar-refractivity contribution in [1.82, 2.24) is 19.4 Å². The molecule has 2 fully saturated rings. The van der Waals surface area contributed by atoms with Crippen molar-refractivity contribution in [2.75, 3.05) is 26.7 Å². The van der Waals surface area contributed by atoms with Crippen molar-refractivity contribution in [2.24, 2.45) is 18.9 Å². The fraction of sp³-hybridized carbons (Fsp3) is 0.333. The van der Waals surface area contributed by atoms with Crippen LogP contribution in [0, 0.1) is 17.7 Å². The number of hydrogen-bond acceptors (Lipinski definition) is 3. The molecule has 170 valence electrons. The standard InChI is InChI=1S/C24H25FN4O.2ClH/c1-27-13-18-14-29(15-20(18)22(27)17-9-6-10-19(25)11-17)24(30)21-12-26-23(28(21)2)16-7-4-3-5-8-16;;/h3-12,18,20,22H,13-15H2,1-2H3;2*1H/t18-,20+,22-;;/m0../s1. The number of aromatic nitrogens is 2. The van der Waals surface area contributed by atoms with Gasteiger partial charge in [-0.3, -0.25) is 9.69 Å². The second-order valence-electron chi connectivity index (χ2n) is 8.47. The summed E-state index contributed by atoms with van der Waals surface area (Å²) >= 11 is 0. The zero-order chi connectivity index (χ0) is 20.8. The summed E-state index contributed by atoms with van der Waals surface area (Å²) in [6, 6.07) is 16.9. The Hall–Kier alpha value is -2.41. The van der Waals surface area contributed by atoms with Crippen LogP contribution in [0.2, 0.25) is 0 Å². The highest BCUT2D eigenvalue weighted by atomic mass is 35.5. The number of benzene rings is 2. The van der Waals surface area contributed by atoms with Crippen LogP contribution in [-0.4, -0.2) is 51.9 Å². The lowest BCUT2D eigenvalue weighted by molar-refractivity contribution is 0.0758. The topological polar surface area (TPSA) is 41.4 Å². The van der Waals surface area contributed by atoms with E-state index in [9.17, 15) is 9.18 Å². The summed E-state index contributed by atoms with van der Waals surface area (Å²) in [5.74, 6) is 1.30. The van der Waals surface area contributed by atoms with Gasteiger partial charge in [0.1, 0.15) is 17.3 Å². The second-order valence-corrected chi connectivity index (χ2v) is 8.47. The number of halogens is 3. The van der Waals surface area contributed by atoms with E-state index >= 15 is 0 Å². The van der Waals surface area contributed by atoms with Gasteiger partial charge in [0.05, 0.1) is 6.20 Å². The van der Waals surface area contributed by atoms with E-state index in [1.165, 1.54) is 6.07 Å². The Labute approximate surface area is 200 Å². The minimum Gasteiger partial charge on any atom is -0.337 e. The first-order chi connectivity index (χ1) is 14.5. The quantitative estimate of drug-likeness (QED) is 0.560. The first-order valence-electron chi connectivity index (χ1n) is 10.3. The molecule has 2 aliphatic heterocycles. The Morgan fingerprint density at radius 3 is 2.47 bits per heavy atom. The van der Waals surface area contributed by atoms with E-state index in [4.69, 9.17) is 0 Å². The predicted octanol–water partition coefficient (Wildman–Crippen LogP) is 4.44. The average molecular weight is 477 g/mol. The lowest BCUT2D eigenvalue weighted by atomic mass is 9.89. The molecule has 0 radical (unpaired) electrons. The van der Waals surface area contributed by atoms with Crippen LogP contribution in [0.5, 0.6) is 0 Å². The Morgan fingerprint density at radius 1 is 1.00 bits per heavy atom. The molecule has 0 bridgehead atoms. The molecular formula is C24H27Cl2FN4O. The van der Waals surface area contributed by atoms with Gasteiger partial charge in [0.15, 0.2) is 0 Å².